The van der Waals surface area contributed by atoms with Crippen molar-refractivity contribution in [3.8, 4) is 0 Å². The van der Waals surface area contributed by atoms with Crippen LogP contribution >= 0.6 is 0 Å². The molecule has 39 heavy (non-hydrogen) atoms. The highest BCUT2D eigenvalue weighted by Gasteiger charge is 2.52. The number of nitrogens with one attached hydrogen (secondary N) is 2. The highest BCUT2D eigenvalue weighted by molar-refractivity contribution is 7.89. The summed E-state index contributed by atoms with van der Waals surface area (Å²) in [5, 5.41) is 5.33. The molecule has 2 aromatic carbocycles. The third-order valence-corrected chi connectivity index (χ3v) is 8.73. The lowest BCUT2D eigenvalue weighted by molar-refractivity contribution is -0.134. The summed E-state index contributed by atoms with van der Waals surface area (Å²) in [6.45, 7) is 5.53. The van der Waals surface area contributed by atoms with Crippen LogP contribution in [0.3, 0.4) is 0 Å². The highest BCUT2D eigenvalue weighted by Crippen LogP contribution is 2.34. The highest BCUT2D eigenvalue weighted by atomic mass is 32.2. The lowest BCUT2D eigenvalue weighted by Crippen LogP contribution is -2.48. The van der Waals surface area contributed by atoms with Gasteiger partial charge in [0, 0.05) is 18.8 Å². The van der Waals surface area contributed by atoms with Crippen LogP contribution in [0.5, 0.6) is 0 Å². The topological polar surface area (TPSA) is 125 Å². The molecule has 4 rings (SSSR count). The molecule has 0 bridgehead atoms. The number of amides is 4. The van der Waals surface area contributed by atoms with Gasteiger partial charge in [0.1, 0.15) is 17.9 Å². The van der Waals surface area contributed by atoms with Gasteiger partial charge in [0.25, 0.3) is 5.91 Å². The molecule has 0 unspecified atom stereocenters. The third kappa shape index (κ3) is 5.97. The number of unbranched alkanes of at least 4 members (excludes halogenated alkanes) is 1. The van der Waals surface area contributed by atoms with E-state index in [0.29, 0.717) is 24.1 Å². The summed E-state index contributed by atoms with van der Waals surface area (Å²) in [7, 11) is -3.74. The van der Waals surface area contributed by atoms with Gasteiger partial charge in [-0.2, -0.15) is 4.31 Å². The predicted octanol–water partition coefficient (Wildman–Crippen LogP) is 3.20. The van der Waals surface area contributed by atoms with Gasteiger partial charge in [0.15, 0.2) is 0 Å². The molecule has 0 radical (unpaired) electrons. The fourth-order valence-corrected chi connectivity index (χ4v) is 6.58. The van der Waals surface area contributed by atoms with Crippen LogP contribution < -0.4 is 10.6 Å². The van der Waals surface area contributed by atoms with Crippen LogP contribution in [0.1, 0.15) is 45.6 Å². The average Bonchev–Trinajstić information content (AvgIpc) is 3.12. The number of rotatable bonds is 9. The number of urea groups is 1. The Bertz CT molecular complexity index is 1330. The first-order valence-corrected chi connectivity index (χ1v) is 14.4. The number of halogens is 1. The Morgan fingerprint density at radius 2 is 1.69 bits per heavy atom. The van der Waals surface area contributed by atoms with Crippen LogP contribution in [0, 0.1) is 5.82 Å². The molecule has 12 heteroatoms. The van der Waals surface area contributed by atoms with E-state index in [4.69, 9.17) is 4.74 Å². The Morgan fingerprint density at radius 3 is 2.28 bits per heavy atom. The first kappa shape index (κ1) is 28.7. The quantitative estimate of drug-likeness (QED) is 0.454. The van der Waals surface area contributed by atoms with Crippen molar-refractivity contribution < 1.29 is 31.9 Å². The van der Waals surface area contributed by atoms with E-state index in [1.54, 1.807) is 0 Å². The second kappa shape index (κ2) is 11.4. The molecular weight excluding hydrogens is 527 g/mol. The number of nitrogens with zero attached hydrogens (tertiary/aromatic N) is 2. The number of morpholine rings is 1. The van der Waals surface area contributed by atoms with Gasteiger partial charge in [0.2, 0.25) is 15.9 Å². The molecule has 3 atom stereocenters. The smallest absolute Gasteiger partial charge is 0.325 e. The van der Waals surface area contributed by atoms with E-state index < -0.39 is 45.8 Å². The molecule has 2 aliphatic heterocycles. The van der Waals surface area contributed by atoms with Gasteiger partial charge in [-0.15, -0.1) is 0 Å². The SMILES string of the molecule is CCCC[C@@]1(c2ccc(F)cc2)NC(=O)N(CC(=O)Nc2ccc(S(=O)(=O)N3C[C@H](C)O[C@@H](C)C3)cc2)C1=O. The number of hydrogen-bond acceptors (Lipinski definition) is 6. The maximum atomic E-state index is 13.5. The zero-order valence-electron chi connectivity index (χ0n) is 22.1. The number of hydrogen-bond donors (Lipinski definition) is 2. The Morgan fingerprint density at radius 1 is 1.08 bits per heavy atom. The summed E-state index contributed by atoms with van der Waals surface area (Å²) >= 11 is 0. The van der Waals surface area contributed by atoms with E-state index in [9.17, 15) is 27.2 Å². The number of sulfonamides is 1. The molecule has 0 aromatic heterocycles. The van der Waals surface area contributed by atoms with Crippen LogP contribution in [0.4, 0.5) is 14.9 Å². The monoisotopic (exact) mass is 560 g/mol. The van der Waals surface area contributed by atoms with Gasteiger partial charge in [-0.1, -0.05) is 31.9 Å². The summed E-state index contributed by atoms with van der Waals surface area (Å²) in [5.74, 6) is -1.68. The van der Waals surface area contributed by atoms with Gasteiger partial charge < -0.3 is 15.4 Å². The Labute approximate surface area is 227 Å². The summed E-state index contributed by atoms with van der Waals surface area (Å²) in [6, 6.07) is 10.3. The van der Waals surface area contributed by atoms with Crippen molar-refractivity contribution in [3.05, 3.63) is 59.9 Å². The second-order valence-electron chi connectivity index (χ2n) is 9.99. The Hall–Kier alpha value is -3.35. The molecular formula is C27H33FN4O6S. The summed E-state index contributed by atoms with van der Waals surface area (Å²) in [4.78, 5) is 40.0. The van der Waals surface area contributed by atoms with Crippen molar-refractivity contribution in [1.82, 2.24) is 14.5 Å². The molecule has 2 heterocycles. The summed E-state index contributed by atoms with van der Waals surface area (Å²) in [6.07, 6.45) is 1.24. The van der Waals surface area contributed by atoms with Gasteiger partial charge >= 0.3 is 6.03 Å². The number of ether oxygens (including phenoxy) is 1. The fourth-order valence-electron chi connectivity index (χ4n) is 4.99. The molecule has 2 aromatic rings. The first-order chi connectivity index (χ1) is 18.5. The van der Waals surface area contributed by atoms with Crippen molar-refractivity contribution in [1.29, 1.82) is 0 Å². The summed E-state index contributed by atoms with van der Waals surface area (Å²) < 4.78 is 46.6. The van der Waals surface area contributed by atoms with Crippen molar-refractivity contribution in [2.75, 3.05) is 25.0 Å². The number of carbonyl (C=O) groups is 3. The van der Waals surface area contributed by atoms with Gasteiger partial charge in [0.05, 0.1) is 17.1 Å². The van der Waals surface area contributed by atoms with E-state index in [-0.39, 0.29) is 30.2 Å². The van der Waals surface area contributed by atoms with Crippen molar-refractivity contribution in [2.24, 2.45) is 0 Å². The standard InChI is InChI=1S/C27H33FN4O6S/c1-4-5-14-27(20-6-8-21(28)9-7-20)25(34)32(26(35)30-27)17-24(33)29-22-10-12-23(13-11-22)39(36,37)31-15-18(2)38-19(3)16-31/h6-13,18-19H,4-5,14-17H2,1-3H3,(H,29,33)(H,30,35)/t18-,19-,27-/m0/s1. The Balaban J connectivity index is 1.45. The van der Waals surface area contributed by atoms with Gasteiger partial charge in [-0.25, -0.2) is 17.6 Å². The lowest BCUT2D eigenvalue weighted by atomic mass is 9.85. The minimum Gasteiger partial charge on any atom is -0.373 e. The first-order valence-electron chi connectivity index (χ1n) is 12.9. The minimum absolute atomic E-state index is 0.0795. The maximum absolute atomic E-state index is 13.5. The van der Waals surface area contributed by atoms with Crippen LogP contribution in [-0.2, 0) is 29.9 Å². The van der Waals surface area contributed by atoms with Crippen molar-refractivity contribution >= 4 is 33.6 Å². The summed E-state index contributed by atoms with van der Waals surface area (Å²) in [5.41, 5.74) is -0.629. The number of anilines is 1. The molecule has 2 saturated heterocycles. The molecule has 210 valence electrons. The molecule has 0 spiro atoms. The molecule has 2 fully saturated rings. The van der Waals surface area contributed by atoms with E-state index in [1.807, 2.05) is 20.8 Å². The molecule has 4 amide bonds. The number of carbonyl (C=O) groups excluding carboxylic acids is 3. The Kier molecular flexibility index (Phi) is 8.38. The van der Waals surface area contributed by atoms with E-state index in [0.717, 1.165) is 11.3 Å². The normalized spacial score (nSPS) is 24.1. The fraction of sp³-hybridized carbons (Fsp3) is 0.444. The minimum atomic E-state index is -3.74. The maximum Gasteiger partial charge on any atom is 0.325 e. The van der Waals surface area contributed by atoms with Gasteiger partial charge in [-0.05, 0) is 62.2 Å². The molecule has 2 aliphatic rings. The third-order valence-electron chi connectivity index (χ3n) is 6.88. The molecule has 10 nitrogen and oxygen atoms in total. The molecule has 0 aliphatic carbocycles. The average molecular weight is 561 g/mol. The predicted molar refractivity (Wildman–Crippen MR) is 142 cm³/mol. The van der Waals surface area contributed by atoms with Crippen LogP contribution in [0.2, 0.25) is 0 Å². The van der Waals surface area contributed by atoms with Gasteiger partial charge in [-0.3, -0.25) is 14.5 Å². The second-order valence-corrected chi connectivity index (χ2v) is 11.9. The van der Waals surface area contributed by atoms with Crippen LogP contribution in [0.15, 0.2) is 53.4 Å². The van der Waals surface area contributed by atoms with Crippen molar-refractivity contribution in [2.45, 2.75) is 62.7 Å². The molecule has 2 N–H and O–H groups in total. The zero-order chi connectivity index (χ0) is 28.4. The zero-order valence-corrected chi connectivity index (χ0v) is 23.0. The van der Waals surface area contributed by atoms with E-state index in [1.165, 1.54) is 52.8 Å². The lowest BCUT2D eigenvalue weighted by Gasteiger charge is -2.34. The number of benzene rings is 2. The van der Waals surface area contributed by atoms with E-state index >= 15 is 0 Å². The largest absolute Gasteiger partial charge is 0.373 e. The van der Waals surface area contributed by atoms with Crippen molar-refractivity contribution in [3.63, 3.8) is 0 Å². The van der Waals surface area contributed by atoms with E-state index in [2.05, 4.69) is 10.6 Å². The van der Waals surface area contributed by atoms with Crippen LogP contribution in [-0.4, -0.2) is 67.3 Å². The molecule has 0 saturated carbocycles. The number of imide groups is 1. The van der Waals surface area contributed by atoms with Crippen LogP contribution in [0.25, 0.3) is 0 Å².